The zero-order chi connectivity index (χ0) is 25.6. The Balaban J connectivity index is 1.24. The van der Waals surface area contributed by atoms with E-state index in [-0.39, 0.29) is 11.8 Å². The fourth-order valence-corrected chi connectivity index (χ4v) is 4.50. The molecule has 0 radical (unpaired) electrons. The maximum absolute atomic E-state index is 12.4. The van der Waals surface area contributed by atoms with Gasteiger partial charge in [-0.2, -0.15) is 0 Å². The number of hydrogen-bond donors (Lipinski definition) is 3. The summed E-state index contributed by atoms with van der Waals surface area (Å²) in [7, 11) is 1.62. The zero-order valence-corrected chi connectivity index (χ0v) is 20.7. The van der Waals surface area contributed by atoms with Crippen molar-refractivity contribution in [1.29, 1.82) is 0 Å². The Morgan fingerprint density at radius 1 is 1.08 bits per heavy atom. The molecule has 1 aliphatic heterocycles. The van der Waals surface area contributed by atoms with Gasteiger partial charge < -0.3 is 20.4 Å². The van der Waals surface area contributed by atoms with Crippen molar-refractivity contribution in [2.75, 3.05) is 20.2 Å². The topological polar surface area (TPSA) is 109 Å². The molecule has 5 rings (SSSR count). The van der Waals surface area contributed by atoms with Crippen LogP contribution in [0.3, 0.4) is 0 Å². The lowest BCUT2D eigenvalue weighted by atomic mass is 10.0. The number of hydrogen-bond acceptors (Lipinski definition) is 5. The zero-order valence-electron chi connectivity index (χ0n) is 20.7. The molecule has 4 aromatic rings. The van der Waals surface area contributed by atoms with Gasteiger partial charge in [0.25, 0.3) is 5.91 Å². The molecule has 8 nitrogen and oxygen atoms in total. The van der Waals surface area contributed by atoms with E-state index >= 15 is 0 Å². The maximum Gasteiger partial charge on any atom is 0.253 e. The predicted octanol–water partition coefficient (Wildman–Crippen LogP) is 3.72. The average molecular weight is 496 g/mol. The minimum absolute atomic E-state index is 0.0143. The summed E-state index contributed by atoms with van der Waals surface area (Å²) in [6.45, 7) is 1.24. The summed E-state index contributed by atoms with van der Waals surface area (Å²) in [4.78, 5) is 37.0. The summed E-state index contributed by atoms with van der Waals surface area (Å²) in [5.74, 6) is 1.19. The number of ether oxygens (including phenoxy) is 1. The summed E-state index contributed by atoms with van der Waals surface area (Å²) in [6, 6.07) is 19.6. The van der Waals surface area contributed by atoms with E-state index in [1.807, 2.05) is 48.5 Å². The predicted molar refractivity (Wildman–Crippen MR) is 141 cm³/mol. The first-order valence-corrected chi connectivity index (χ1v) is 12.4. The van der Waals surface area contributed by atoms with E-state index < -0.39 is 0 Å². The van der Waals surface area contributed by atoms with E-state index in [0.717, 1.165) is 35.4 Å². The van der Waals surface area contributed by atoms with Crippen LogP contribution < -0.4 is 15.4 Å². The van der Waals surface area contributed by atoms with Crippen molar-refractivity contribution >= 4 is 11.8 Å². The molecule has 0 fully saturated rings. The molecule has 2 aromatic heterocycles. The van der Waals surface area contributed by atoms with Crippen LogP contribution in [0.5, 0.6) is 5.75 Å². The second-order valence-electron chi connectivity index (χ2n) is 8.96. The van der Waals surface area contributed by atoms with Crippen molar-refractivity contribution in [2.45, 2.75) is 25.7 Å². The van der Waals surface area contributed by atoms with E-state index in [2.05, 4.69) is 32.7 Å². The van der Waals surface area contributed by atoms with Crippen LogP contribution in [-0.4, -0.2) is 47.0 Å². The van der Waals surface area contributed by atoms with Crippen molar-refractivity contribution in [3.05, 3.63) is 89.2 Å². The van der Waals surface area contributed by atoms with Gasteiger partial charge in [-0.05, 0) is 42.2 Å². The number of methoxy groups -OCH3 is 1. The van der Waals surface area contributed by atoms with Gasteiger partial charge in [-0.3, -0.25) is 9.59 Å². The number of rotatable bonds is 9. The number of fused-ring (bicyclic) bond motifs is 1. The molecule has 0 aliphatic carbocycles. The summed E-state index contributed by atoms with van der Waals surface area (Å²) < 4.78 is 5.62. The minimum atomic E-state index is -0.0665. The first-order chi connectivity index (χ1) is 18.1. The first-order valence-electron chi connectivity index (χ1n) is 12.4. The van der Waals surface area contributed by atoms with Crippen molar-refractivity contribution in [3.63, 3.8) is 0 Å². The molecule has 2 amide bonds. The summed E-state index contributed by atoms with van der Waals surface area (Å²) in [6.07, 6.45) is 4.22. The Morgan fingerprint density at radius 3 is 2.76 bits per heavy atom. The Kier molecular flexibility index (Phi) is 7.26. The molecule has 0 spiro atoms. The molecular weight excluding hydrogens is 466 g/mol. The number of nitrogens with one attached hydrogen (secondary N) is 3. The van der Waals surface area contributed by atoms with Gasteiger partial charge in [0.2, 0.25) is 5.91 Å². The summed E-state index contributed by atoms with van der Waals surface area (Å²) in [5, 5.41) is 5.85. The summed E-state index contributed by atoms with van der Waals surface area (Å²) >= 11 is 0. The van der Waals surface area contributed by atoms with Crippen LogP contribution in [-0.2, 0) is 24.1 Å². The van der Waals surface area contributed by atoms with Crippen molar-refractivity contribution in [3.8, 4) is 28.5 Å². The number of amides is 2. The van der Waals surface area contributed by atoms with E-state index in [1.54, 1.807) is 13.3 Å². The molecule has 0 bridgehead atoms. The van der Waals surface area contributed by atoms with Crippen LogP contribution in [0.2, 0.25) is 0 Å². The number of carbonyl (C=O) groups excluding carboxylic acids is 2. The molecule has 8 heteroatoms. The summed E-state index contributed by atoms with van der Waals surface area (Å²) in [5.41, 5.74) is 6.04. The SMILES string of the molecule is COc1cc(-c2nccc(-c3cc4c([nH]3)CCNC4=O)n2)ccc1CCC(=O)NCCc1ccccc1. The van der Waals surface area contributed by atoms with Crippen LogP contribution in [0.1, 0.15) is 33.6 Å². The Morgan fingerprint density at radius 2 is 1.95 bits per heavy atom. The van der Waals surface area contributed by atoms with Crippen LogP contribution in [0.25, 0.3) is 22.8 Å². The monoisotopic (exact) mass is 495 g/mol. The van der Waals surface area contributed by atoms with Gasteiger partial charge in [0.15, 0.2) is 5.82 Å². The quantitative estimate of drug-likeness (QED) is 0.328. The lowest BCUT2D eigenvalue weighted by Crippen LogP contribution is -2.31. The van der Waals surface area contributed by atoms with Crippen molar-refractivity contribution < 1.29 is 14.3 Å². The molecule has 1 aliphatic rings. The van der Waals surface area contributed by atoms with Gasteiger partial charge in [-0.1, -0.05) is 42.5 Å². The molecule has 0 unspecified atom stereocenters. The van der Waals surface area contributed by atoms with E-state index in [1.165, 1.54) is 5.56 Å². The maximum atomic E-state index is 12.4. The molecule has 188 valence electrons. The third-order valence-electron chi connectivity index (χ3n) is 6.48. The molecule has 3 heterocycles. The largest absolute Gasteiger partial charge is 0.496 e. The molecule has 0 saturated carbocycles. The van der Waals surface area contributed by atoms with E-state index in [4.69, 9.17) is 9.72 Å². The van der Waals surface area contributed by atoms with Crippen molar-refractivity contribution in [1.82, 2.24) is 25.6 Å². The molecule has 37 heavy (non-hydrogen) atoms. The fraction of sp³-hybridized carbons (Fsp3) is 0.241. The van der Waals surface area contributed by atoms with E-state index in [0.29, 0.717) is 48.8 Å². The van der Waals surface area contributed by atoms with Crippen LogP contribution in [0.15, 0.2) is 66.9 Å². The Hall–Kier alpha value is -4.46. The second-order valence-corrected chi connectivity index (χ2v) is 8.96. The van der Waals surface area contributed by atoms with E-state index in [9.17, 15) is 9.59 Å². The number of aryl methyl sites for hydroxylation is 1. The third-order valence-corrected chi connectivity index (χ3v) is 6.48. The highest BCUT2D eigenvalue weighted by molar-refractivity contribution is 5.97. The van der Waals surface area contributed by atoms with Crippen molar-refractivity contribution in [2.24, 2.45) is 0 Å². The van der Waals surface area contributed by atoms with Gasteiger partial charge in [-0.15, -0.1) is 0 Å². The standard InChI is InChI=1S/C29H29N5O3/c1-37-26-17-21(8-7-20(26)9-10-27(35)30-14-11-19-5-3-2-4-6-19)28-31-15-13-24(34-28)25-18-22-23(33-25)12-16-32-29(22)36/h2-8,13,15,17-18,33H,9-12,14,16H2,1H3,(H,30,35)(H,32,36). The highest BCUT2D eigenvalue weighted by Crippen LogP contribution is 2.28. The van der Waals surface area contributed by atoms with Gasteiger partial charge in [0.05, 0.1) is 24.1 Å². The number of H-pyrrole nitrogens is 1. The number of nitrogens with zero attached hydrogens (tertiary/aromatic N) is 2. The number of carbonyl (C=O) groups is 2. The first kappa shape index (κ1) is 24.2. The van der Waals surface area contributed by atoms with Gasteiger partial charge in [0, 0.05) is 43.4 Å². The average Bonchev–Trinajstić information content (AvgIpc) is 3.38. The molecule has 3 N–H and O–H groups in total. The lowest BCUT2D eigenvalue weighted by Gasteiger charge is -2.11. The van der Waals surface area contributed by atoms with Gasteiger partial charge in [0.1, 0.15) is 5.75 Å². The number of aromatic amines is 1. The second kappa shape index (κ2) is 11.1. The minimum Gasteiger partial charge on any atom is -0.496 e. The number of aromatic nitrogens is 3. The molecule has 0 atom stereocenters. The molecular formula is C29H29N5O3. The Labute approximate surface area is 215 Å². The lowest BCUT2D eigenvalue weighted by molar-refractivity contribution is -0.121. The molecule has 2 aromatic carbocycles. The van der Waals surface area contributed by atoms with Crippen LogP contribution in [0, 0.1) is 0 Å². The van der Waals surface area contributed by atoms with Gasteiger partial charge >= 0.3 is 0 Å². The third kappa shape index (κ3) is 5.69. The molecule has 0 saturated heterocycles. The highest BCUT2D eigenvalue weighted by Gasteiger charge is 2.20. The van der Waals surface area contributed by atoms with Crippen LogP contribution in [0.4, 0.5) is 0 Å². The van der Waals surface area contributed by atoms with Gasteiger partial charge in [-0.25, -0.2) is 9.97 Å². The number of benzene rings is 2. The fourth-order valence-electron chi connectivity index (χ4n) is 4.50. The Bertz CT molecular complexity index is 1410. The highest BCUT2D eigenvalue weighted by atomic mass is 16.5. The normalized spacial score (nSPS) is 12.5. The smallest absolute Gasteiger partial charge is 0.253 e. The van der Waals surface area contributed by atoms with Crippen LogP contribution >= 0.6 is 0 Å².